The number of Topliss-reactive ketones (excluding diaryl/α,β-unsaturated/α-hetero) is 1. The summed E-state index contributed by atoms with van der Waals surface area (Å²) in [6.45, 7) is 6.21. The van der Waals surface area contributed by atoms with E-state index in [1.807, 2.05) is 18.7 Å². The molecule has 0 saturated carbocycles. The minimum atomic E-state index is 0.0743. The predicted molar refractivity (Wildman–Crippen MR) is 54.4 cm³/mol. The minimum absolute atomic E-state index is 0.0743. The number of aryl methyl sites for hydroxylation is 1. The van der Waals surface area contributed by atoms with Gasteiger partial charge in [0.05, 0.1) is 11.3 Å². The van der Waals surface area contributed by atoms with Gasteiger partial charge in [0.1, 0.15) is 0 Å². The number of carbonyl (C=O) groups excluding carboxylic acids is 1. The molecule has 0 atom stereocenters. The molecule has 0 spiro atoms. The van der Waals surface area contributed by atoms with Gasteiger partial charge in [-0.15, -0.1) is 0 Å². The Labute approximate surface area is 84.1 Å². The molecule has 1 aliphatic rings. The molecule has 3 heteroatoms. The Morgan fingerprint density at radius 2 is 2.00 bits per heavy atom. The topological polar surface area (TPSA) is 34.9 Å². The lowest BCUT2D eigenvalue weighted by atomic mass is 9.76. The Hall–Kier alpha value is -1.12. The maximum Gasteiger partial charge on any atom is 0.167 e. The van der Waals surface area contributed by atoms with Gasteiger partial charge in [0, 0.05) is 19.2 Å². The van der Waals surface area contributed by atoms with Crippen LogP contribution in [0.5, 0.6) is 0 Å². The first kappa shape index (κ1) is 9.44. The molecule has 0 saturated heterocycles. The van der Waals surface area contributed by atoms with Gasteiger partial charge >= 0.3 is 0 Å². The highest BCUT2D eigenvalue weighted by Gasteiger charge is 2.34. The van der Waals surface area contributed by atoms with Crippen molar-refractivity contribution >= 4 is 5.78 Å². The first-order valence-electron chi connectivity index (χ1n) is 4.96. The third-order valence-corrected chi connectivity index (χ3v) is 2.97. The first-order chi connectivity index (χ1) is 6.41. The summed E-state index contributed by atoms with van der Waals surface area (Å²) < 4.78 is 1.81. The number of ketones is 1. The quantitative estimate of drug-likeness (QED) is 0.629. The molecule has 3 nitrogen and oxygen atoms in total. The summed E-state index contributed by atoms with van der Waals surface area (Å²) in [4.78, 5) is 11.9. The molecule has 0 radical (unpaired) electrons. The molecule has 1 heterocycles. The van der Waals surface area contributed by atoms with E-state index in [1.54, 1.807) is 0 Å². The molecule has 2 rings (SSSR count). The molecule has 0 N–H and O–H groups in total. The Bertz CT molecular complexity index is 402. The lowest BCUT2D eigenvalue weighted by molar-refractivity contribution is 0.0911. The number of carbonyl (C=O) groups is 1. The Balaban J connectivity index is 2.56. The monoisotopic (exact) mass is 192 g/mol. The van der Waals surface area contributed by atoms with E-state index in [0.717, 1.165) is 23.4 Å². The smallest absolute Gasteiger partial charge is 0.167 e. The highest BCUT2D eigenvalue weighted by atomic mass is 16.1. The normalized spacial score (nSPS) is 19.6. The van der Waals surface area contributed by atoms with Crippen molar-refractivity contribution in [2.75, 3.05) is 0 Å². The van der Waals surface area contributed by atoms with Crippen molar-refractivity contribution in [2.24, 2.45) is 12.5 Å². The Morgan fingerprint density at radius 1 is 1.36 bits per heavy atom. The van der Waals surface area contributed by atoms with Crippen LogP contribution in [0.25, 0.3) is 0 Å². The molecule has 0 unspecified atom stereocenters. The lowest BCUT2D eigenvalue weighted by Crippen LogP contribution is -2.26. The number of rotatable bonds is 0. The van der Waals surface area contributed by atoms with Crippen LogP contribution in [0.4, 0.5) is 0 Å². The average molecular weight is 192 g/mol. The average Bonchev–Trinajstić information content (AvgIpc) is 2.24. The Morgan fingerprint density at radius 3 is 2.64 bits per heavy atom. The van der Waals surface area contributed by atoms with E-state index in [9.17, 15) is 4.79 Å². The van der Waals surface area contributed by atoms with E-state index in [2.05, 4.69) is 18.9 Å². The molecule has 0 aromatic carbocycles. The van der Waals surface area contributed by atoms with Crippen LogP contribution in [-0.2, 0) is 13.5 Å². The molecular weight excluding hydrogens is 176 g/mol. The number of hydrogen-bond donors (Lipinski definition) is 0. The van der Waals surface area contributed by atoms with Gasteiger partial charge in [-0.25, -0.2) is 0 Å². The van der Waals surface area contributed by atoms with E-state index in [0.29, 0.717) is 6.42 Å². The Kier molecular flexibility index (Phi) is 1.81. The second kappa shape index (κ2) is 2.69. The van der Waals surface area contributed by atoms with Crippen LogP contribution in [0, 0.1) is 12.3 Å². The van der Waals surface area contributed by atoms with E-state index in [1.165, 1.54) is 0 Å². The highest BCUT2D eigenvalue weighted by molar-refractivity contribution is 5.99. The number of fused-ring (bicyclic) bond motifs is 1. The summed E-state index contributed by atoms with van der Waals surface area (Å²) in [6, 6.07) is 0. The fourth-order valence-electron chi connectivity index (χ4n) is 2.20. The van der Waals surface area contributed by atoms with E-state index in [4.69, 9.17) is 0 Å². The first-order valence-corrected chi connectivity index (χ1v) is 4.96. The second-order valence-corrected chi connectivity index (χ2v) is 4.97. The standard InChI is InChI=1S/C11H16N2O/c1-7-10-8(12-13(7)4)5-11(2,3)6-9(10)14/h5-6H2,1-4H3. The van der Waals surface area contributed by atoms with Gasteiger partial charge in [0.25, 0.3) is 0 Å². The number of nitrogens with zero attached hydrogens (tertiary/aromatic N) is 2. The highest BCUT2D eigenvalue weighted by Crippen LogP contribution is 2.35. The fraction of sp³-hybridized carbons (Fsp3) is 0.636. The van der Waals surface area contributed by atoms with Gasteiger partial charge in [-0.05, 0) is 18.8 Å². The molecular formula is C11H16N2O. The van der Waals surface area contributed by atoms with Crippen molar-refractivity contribution in [3.8, 4) is 0 Å². The molecule has 1 aliphatic carbocycles. The predicted octanol–water partition coefficient (Wildman–Crippen LogP) is 1.88. The summed E-state index contributed by atoms with van der Waals surface area (Å²) in [5.74, 6) is 0.252. The van der Waals surface area contributed by atoms with Gasteiger partial charge in [0.2, 0.25) is 0 Å². The minimum Gasteiger partial charge on any atom is -0.294 e. The fourth-order valence-corrected chi connectivity index (χ4v) is 2.20. The maximum absolute atomic E-state index is 11.9. The van der Waals surface area contributed by atoms with Crippen LogP contribution in [-0.4, -0.2) is 15.6 Å². The summed E-state index contributed by atoms with van der Waals surface area (Å²) in [6.07, 6.45) is 1.56. The molecule has 0 amide bonds. The molecule has 0 fully saturated rings. The van der Waals surface area contributed by atoms with Crippen LogP contribution < -0.4 is 0 Å². The van der Waals surface area contributed by atoms with Crippen molar-refractivity contribution in [3.05, 3.63) is 17.0 Å². The van der Waals surface area contributed by atoms with Crippen LogP contribution >= 0.6 is 0 Å². The summed E-state index contributed by atoms with van der Waals surface area (Å²) in [5, 5.41) is 4.39. The molecule has 14 heavy (non-hydrogen) atoms. The molecule has 0 aliphatic heterocycles. The van der Waals surface area contributed by atoms with E-state index in [-0.39, 0.29) is 11.2 Å². The number of hydrogen-bond acceptors (Lipinski definition) is 2. The van der Waals surface area contributed by atoms with Crippen molar-refractivity contribution in [1.29, 1.82) is 0 Å². The zero-order chi connectivity index (χ0) is 10.5. The summed E-state index contributed by atoms with van der Waals surface area (Å²) >= 11 is 0. The van der Waals surface area contributed by atoms with Gasteiger partial charge in [-0.2, -0.15) is 5.10 Å². The zero-order valence-electron chi connectivity index (χ0n) is 9.22. The summed E-state index contributed by atoms with van der Waals surface area (Å²) in [7, 11) is 1.90. The van der Waals surface area contributed by atoms with Crippen molar-refractivity contribution in [1.82, 2.24) is 9.78 Å². The van der Waals surface area contributed by atoms with Crippen LogP contribution in [0.15, 0.2) is 0 Å². The van der Waals surface area contributed by atoms with Crippen molar-refractivity contribution < 1.29 is 4.79 Å². The van der Waals surface area contributed by atoms with Crippen LogP contribution in [0.1, 0.15) is 42.0 Å². The largest absolute Gasteiger partial charge is 0.294 e. The second-order valence-electron chi connectivity index (χ2n) is 4.97. The lowest BCUT2D eigenvalue weighted by Gasteiger charge is -2.27. The van der Waals surface area contributed by atoms with Crippen LogP contribution in [0.2, 0.25) is 0 Å². The third kappa shape index (κ3) is 1.27. The van der Waals surface area contributed by atoms with Crippen molar-refractivity contribution in [2.45, 2.75) is 33.6 Å². The molecule has 1 aromatic heterocycles. The van der Waals surface area contributed by atoms with Gasteiger partial charge in [0.15, 0.2) is 5.78 Å². The maximum atomic E-state index is 11.9. The molecule has 0 bridgehead atoms. The van der Waals surface area contributed by atoms with E-state index >= 15 is 0 Å². The molecule has 1 aromatic rings. The van der Waals surface area contributed by atoms with E-state index < -0.39 is 0 Å². The van der Waals surface area contributed by atoms with Crippen molar-refractivity contribution in [3.63, 3.8) is 0 Å². The van der Waals surface area contributed by atoms with Gasteiger partial charge in [-0.1, -0.05) is 13.8 Å². The molecule has 76 valence electrons. The zero-order valence-corrected chi connectivity index (χ0v) is 9.22. The number of aromatic nitrogens is 2. The van der Waals surface area contributed by atoms with Gasteiger partial charge < -0.3 is 0 Å². The van der Waals surface area contributed by atoms with Gasteiger partial charge in [-0.3, -0.25) is 9.48 Å². The SMILES string of the molecule is Cc1c2c(nn1C)CC(C)(C)CC2=O. The van der Waals surface area contributed by atoms with Crippen LogP contribution in [0.3, 0.4) is 0 Å². The summed E-state index contributed by atoms with van der Waals surface area (Å²) in [5.41, 5.74) is 2.92. The third-order valence-electron chi connectivity index (χ3n) is 2.97.